The van der Waals surface area contributed by atoms with Crippen molar-refractivity contribution in [1.29, 1.82) is 0 Å². The van der Waals surface area contributed by atoms with Gasteiger partial charge in [0.05, 0.1) is 39.9 Å². The zero-order valence-electron chi connectivity index (χ0n) is 44.9. The summed E-state index contributed by atoms with van der Waals surface area (Å²) in [6.45, 7) is 4.61. The molecule has 1 amide bonds. The topological polar surface area (TPSA) is 108 Å². The van der Waals surface area contributed by atoms with Crippen LogP contribution in [0.15, 0.2) is 48.6 Å². The zero-order valence-corrected chi connectivity index (χ0v) is 45.7. The maximum atomic E-state index is 12.9. The Hall–Kier alpha value is -1.54. The summed E-state index contributed by atoms with van der Waals surface area (Å²) >= 11 is 0. The van der Waals surface area contributed by atoms with Gasteiger partial charge < -0.3 is 28.8 Å². The van der Waals surface area contributed by atoms with Crippen LogP contribution in [0, 0.1) is 0 Å². The molecule has 2 N–H and O–H groups in total. The van der Waals surface area contributed by atoms with Crippen molar-refractivity contribution >= 4 is 13.7 Å². The molecule has 9 heteroatoms. The summed E-state index contributed by atoms with van der Waals surface area (Å²) in [5.74, 6) is -0.220. The fraction of sp³-hybridized carbons (Fsp3) is 0.845. The van der Waals surface area contributed by atoms with Crippen molar-refractivity contribution in [3.63, 3.8) is 0 Å². The average Bonchev–Trinajstić information content (AvgIpc) is 3.29. The second-order valence-corrected chi connectivity index (χ2v) is 22.0. The molecule has 0 fully saturated rings. The summed E-state index contributed by atoms with van der Waals surface area (Å²) in [5.41, 5.74) is 0. The highest BCUT2D eigenvalue weighted by atomic mass is 31.2. The van der Waals surface area contributed by atoms with Crippen LogP contribution in [0.4, 0.5) is 0 Å². The maximum Gasteiger partial charge on any atom is 0.268 e. The van der Waals surface area contributed by atoms with Crippen LogP contribution in [0.3, 0.4) is 0 Å². The number of hydrogen-bond donors (Lipinski definition) is 2. The fourth-order valence-electron chi connectivity index (χ4n) is 8.26. The van der Waals surface area contributed by atoms with Crippen molar-refractivity contribution in [2.45, 2.75) is 276 Å². The van der Waals surface area contributed by atoms with Gasteiger partial charge in [-0.15, -0.1) is 0 Å². The Balaban J connectivity index is 4.18. The molecule has 0 aliphatic heterocycles. The van der Waals surface area contributed by atoms with Crippen LogP contribution in [0.1, 0.15) is 264 Å². The molecule has 0 bridgehead atoms. The van der Waals surface area contributed by atoms with Crippen molar-refractivity contribution in [3.05, 3.63) is 48.6 Å². The molecule has 0 spiro atoms. The molecule has 0 aromatic heterocycles. The minimum atomic E-state index is -4.61. The Morgan fingerprint density at radius 2 is 0.881 bits per heavy atom. The van der Waals surface area contributed by atoms with Gasteiger partial charge in [-0.2, -0.15) is 0 Å². The van der Waals surface area contributed by atoms with E-state index in [1.54, 1.807) is 6.08 Å². The van der Waals surface area contributed by atoms with E-state index in [-0.39, 0.29) is 12.5 Å². The second-order valence-electron chi connectivity index (χ2n) is 20.6. The number of carbonyl (C=O) groups is 1. The molecule has 3 unspecified atom stereocenters. The third-order valence-corrected chi connectivity index (χ3v) is 13.7. The summed E-state index contributed by atoms with van der Waals surface area (Å²) in [5, 5.41) is 13.8. The molecule has 0 aliphatic rings. The molecule has 3 atom stereocenters. The van der Waals surface area contributed by atoms with Crippen LogP contribution >= 0.6 is 7.82 Å². The van der Waals surface area contributed by atoms with E-state index in [1.807, 2.05) is 27.2 Å². The summed E-state index contributed by atoms with van der Waals surface area (Å²) < 4.78 is 23.3. The fourth-order valence-corrected chi connectivity index (χ4v) is 8.98. The van der Waals surface area contributed by atoms with E-state index < -0.39 is 26.6 Å². The number of aliphatic hydroxyl groups excluding tert-OH is 1. The monoisotopic (exact) mass is 963 g/mol. The summed E-state index contributed by atoms with van der Waals surface area (Å²) in [6.07, 6.45) is 64.9. The Kier molecular flexibility index (Phi) is 48.3. The number of rotatable bonds is 52. The molecule has 0 aromatic carbocycles. The number of hydrogen-bond acceptors (Lipinski definition) is 6. The Morgan fingerprint density at radius 3 is 1.33 bits per heavy atom. The van der Waals surface area contributed by atoms with Crippen LogP contribution in [-0.2, 0) is 18.4 Å². The molecular weight excluding hydrogens is 852 g/mol. The number of aliphatic hydroxyl groups is 1. The van der Waals surface area contributed by atoms with Gasteiger partial charge in [-0.25, -0.2) is 0 Å². The summed E-state index contributed by atoms with van der Waals surface area (Å²) in [4.78, 5) is 25.4. The largest absolute Gasteiger partial charge is 0.756 e. The van der Waals surface area contributed by atoms with Gasteiger partial charge in [0, 0.05) is 6.42 Å². The molecule has 0 aliphatic carbocycles. The van der Waals surface area contributed by atoms with Gasteiger partial charge in [-0.05, 0) is 64.2 Å². The molecule has 394 valence electrons. The van der Waals surface area contributed by atoms with Crippen molar-refractivity contribution < 1.29 is 32.9 Å². The number of nitrogens with one attached hydrogen (secondary N) is 1. The van der Waals surface area contributed by atoms with E-state index in [4.69, 9.17) is 9.05 Å². The van der Waals surface area contributed by atoms with Crippen molar-refractivity contribution in [2.75, 3.05) is 40.9 Å². The number of nitrogens with zero attached hydrogens (tertiary/aromatic N) is 1. The predicted octanol–water partition coefficient (Wildman–Crippen LogP) is 16.5. The second kappa shape index (κ2) is 49.4. The first-order valence-electron chi connectivity index (χ1n) is 28.5. The maximum absolute atomic E-state index is 12.9. The molecule has 0 heterocycles. The Labute approximate surface area is 416 Å². The third-order valence-electron chi connectivity index (χ3n) is 12.8. The van der Waals surface area contributed by atoms with Gasteiger partial charge in [-0.3, -0.25) is 9.36 Å². The van der Waals surface area contributed by atoms with Gasteiger partial charge in [0.15, 0.2) is 0 Å². The molecule has 0 aromatic rings. The van der Waals surface area contributed by atoms with E-state index in [2.05, 4.69) is 55.6 Å². The third kappa shape index (κ3) is 52.1. The minimum absolute atomic E-state index is 0.0101. The highest BCUT2D eigenvalue weighted by molar-refractivity contribution is 7.45. The normalized spacial score (nSPS) is 14.3. The van der Waals surface area contributed by atoms with E-state index in [9.17, 15) is 19.4 Å². The lowest BCUT2D eigenvalue weighted by atomic mass is 10.0. The lowest BCUT2D eigenvalue weighted by Crippen LogP contribution is -2.45. The van der Waals surface area contributed by atoms with Crippen LogP contribution in [0.2, 0.25) is 0 Å². The number of carbonyl (C=O) groups excluding carboxylic acids is 1. The summed E-state index contributed by atoms with van der Waals surface area (Å²) in [7, 11) is 1.23. The Bertz CT molecular complexity index is 1230. The first kappa shape index (κ1) is 65.5. The number of likely N-dealkylation sites (N-methyl/N-ethyl adjacent to an activating group) is 1. The van der Waals surface area contributed by atoms with Crippen molar-refractivity contribution in [2.24, 2.45) is 0 Å². The molecule has 0 saturated carbocycles. The van der Waals surface area contributed by atoms with Crippen molar-refractivity contribution in [1.82, 2.24) is 5.32 Å². The minimum Gasteiger partial charge on any atom is -0.756 e. The number of unbranched alkanes of at least 4 members (excludes halogenated alkanes) is 33. The number of quaternary nitrogens is 1. The number of phosphoric ester groups is 1. The van der Waals surface area contributed by atoms with Crippen LogP contribution in [0.25, 0.3) is 0 Å². The number of phosphoric acid groups is 1. The van der Waals surface area contributed by atoms with E-state index in [0.29, 0.717) is 17.4 Å². The highest BCUT2D eigenvalue weighted by Crippen LogP contribution is 2.38. The van der Waals surface area contributed by atoms with Gasteiger partial charge in [-0.1, -0.05) is 242 Å². The summed E-state index contributed by atoms with van der Waals surface area (Å²) in [6, 6.07) is -0.912. The van der Waals surface area contributed by atoms with E-state index in [0.717, 1.165) is 64.2 Å². The first-order valence-corrected chi connectivity index (χ1v) is 30.0. The highest BCUT2D eigenvalue weighted by Gasteiger charge is 2.23. The molecule has 0 rings (SSSR count). The van der Waals surface area contributed by atoms with Gasteiger partial charge in [0.1, 0.15) is 13.2 Å². The number of allylic oxidation sites excluding steroid dienone is 7. The lowest BCUT2D eigenvalue weighted by molar-refractivity contribution is -0.870. The van der Waals surface area contributed by atoms with Crippen LogP contribution in [-0.4, -0.2) is 68.5 Å². The number of amides is 1. The smallest absolute Gasteiger partial charge is 0.268 e. The first-order chi connectivity index (χ1) is 32.5. The van der Waals surface area contributed by atoms with Crippen LogP contribution in [0.5, 0.6) is 0 Å². The quantitative estimate of drug-likeness (QED) is 0.0272. The predicted molar refractivity (Wildman–Crippen MR) is 288 cm³/mol. The Morgan fingerprint density at radius 1 is 0.522 bits per heavy atom. The van der Waals surface area contributed by atoms with Gasteiger partial charge in [0.2, 0.25) is 5.91 Å². The average molecular weight is 964 g/mol. The molecule has 0 saturated heterocycles. The van der Waals surface area contributed by atoms with Gasteiger partial charge in [0.25, 0.3) is 7.82 Å². The van der Waals surface area contributed by atoms with E-state index >= 15 is 0 Å². The lowest BCUT2D eigenvalue weighted by Gasteiger charge is -2.29. The molecule has 8 nitrogen and oxygen atoms in total. The standard InChI is InChI=1S/C58H111N2O6P/c1-6-8-10-12-14-16-18-20-22-23-24-25-26-27-28-29-30-31-32-33-34-35-36-38-39-41-43-45-47-49-51-57(61)56(55-66-67(63,64)65-54-53-60(3,4)5)59-58(62)52-50-48-46-44-42-40-37-21-19-17-15-13-11-9-7-2/h15,17,21,37,41,43,49,51,56-57,61H,6-14,16,18-20,22-36,38-40,42,44-48,50,52-55H2,1-5H3,(H-,59,62,63,64)/b17-15-,37-21-,43-41+,51-49+. The molecular formula is C58H111N2O6P. The van der Waals surface area contributed by atoms with Gasteiger partial charge >= 0.3 is 0 Å². The van der Waals surface area contributed by atoms with E-state index in [1.165, 1.54) is 180 Å². The molecule has 67 heavy (non-hydrogen) atoms. The van der Waals surface area contributed by atoms with Crippen LogP contribution < -0.4 is 10.2 Å². The zero-order chi connectivity index (χ0) is 49.2. The molecule has 0 radical (unpaired) electrons. The van der Waals surface area contributed by atoms with Crippen molar-refractivity contribution in [3.8, 4) is 0 Å². The SMILES string of the molecule is CCCCC/C=C\C/C=C\CCCCCCCC(=O)NC(COP(=O)([O-])OCC[N+](C)(C)C)C(O)/C=C/CC/C=C/CCCCCCCCCCCCCCCCCCCCCCCCCC.